The average molecular weight is 114 g/mol. The Kier molecular flexibility index (Phi) is 0.543. The van der Waals surface area contributed by atoms with Gasteiger partial charge < -0.3 is 4.79 Å². The largest absolute Gasteiger partial charge is 0.303 e. The predicted molar refractivity (Wildman–Crippen MR) is 26.1 cm³/mol. The van der Waals surface area contributed by atoms with Crippen molar-refractivity contribution < 1.29 is 9.18 Å². The molecule has 3 rings (SSSR count). The Balaban J connectivity index is 2.18. The third kappa shape index (κ3) is 0.232. The summed E-state index contributed by atoms with van der Waals surface area (Å²) in [6.07, 6.45) is 1.65. The number of rotatable bonds is 1. The molecule has 0 spiro atoms. The molecule has 0 aromatic rings. The van der Waals surface area contributed by atoms with Gasteiger partial charge >= 0.3 is 0 Å². The van der Waals surface area contributed by atoms with Crippen LogP contribution in [-0.4, -0.2) is 12.5 Å². The Bertz CT molecular complexity index is 137. The van der Waals surface area contributed by atoms with Gasteiger partial charge in [0.2, 0.25) is 0 Å². The molecule has 1 unspecified atom stereocenters. The lowest BCUT2D eigenvalue weighted by atomic mass is 9.44. The third-order valence-electron chi connectivity index (χ3n) is 2.48. The lowest BCUT2D eigenvalue weighted by Crippen LogP contribution is -2.64. The van der Waals surface area contributed by atoms with Crippen LogP contribution in [0.5, 0.6) is 0 Å². The van der Waals surface area contributed by atoms with Crippen LogP contribution in [0.4, 0.5) is 4.39 Å². The number of hydrogen-bond donors (Lipinski definition) is 0. The second-order valence-electron chi connectivity index (χ2n) is 2.92. The molecule has 44 valence electrons. The fourth-order valence-electron chi connectivity index (χ4n) is 1.66. The smallest absolute Gasteiger partial charge is 0.129 e. The molecule has 3 aliphatic rings. The number of carbonyl (C=O) groups excluding carboxylic acids is 1. The van der Waals surface area contributed by atoms with Crippen molar-refractivity contribution in [2.45, 2.75) is 19.0 Å². The molecule has 0 N–H and O–H groups in total. The number of hydrogen-bond acceptors (Lipinski definition) is 1. The summed E-state index contributed by atoms with van der Waals surface area (Å²) < 4.78 is 12.4. The summed E-state index contributed by atoms with van der Waals surface area (Å²) >= 11 is 0. The molecule has 0 radical (unpaired) electrons. The fourth-order valence-corrected chi connectivity index (χ4v) is 1.66. The highest BCUT2D eigenvalue weighted by Crippen LogP contribution is 2.64. The molecule has 2 heteroatoms. The van der Waals surface area contributed by atoms with Gasteiger partial charge in [0.15, 0.2) is 0 Å². The van der Waals surface area contributed by atoms with Crippen LogP contribution in [-0.2, 0) is 4.79 Å². The van der Waals surface area contributed by atoms with Crippen molar-refractivity contribution in [1.29, 1.82) is 0 Å². The Morgan fingerprint density at radius 1 is 1.62 bits per heavy atom. The molecule has 0 aliphatic heterocycles. The van der Waals surface area contributed by atoms with Gasteiger partial charge in [0.1, 0.15) is 12.5 Å². The fraction of sp³-hybridized carbons (Fsp3) is 0.833. The lowest BCUT2D eigenvalue weighted by Gasteiger charge is -2.61. The standard InChI is InChI=1S/C6H7FO/c7-5-4-1-6(5,2-4)3-8/h3-5H,1-2H2. The lowest BCUT2D eigenvalue weighted by molar-refractivity contribution is -0.190. The van der Waals surface area contributed by atoms with Crippen LogP contribution in [0.15, 0.2) is 0 Å². The zero-order valence-electron chi connectivity index (χ0n) is 4.43. The van der Waals surface area contributed by atoms with Gasteiger partial charge in [-0.15, -0.1) is 0 Å². The molecule has 0 amide bonds. The summed E-state index contributed by atoms with van der Waals surface area (Å²) in [6.45, 7) is 0. The van der Waals surface area contributed by atoms with E-state index in [2.05, 4.69) is 0 Å². The first-order chi connectivity index (χ1) is 3.78. The number of carbonyl (C=O) groups is 1. The summed E-state index contributed by atoms with van der Waals surface area (Å²) in [5.41, 5.74) is -0.481. The Hall–Kier alpha value is -0.400. The normalized spacial score (nSPS) is 58.6. The molecule has 1 nitrogen and oxygen atoms in total. The maximum Gasteiger partial charge on any atom is 0.129 e. The van der Waals surface area contributed by atoms with Gasteiger partial charge in [0.25, 0.3) is 0 Å². The Morgan fingerprint density at radius 2 is 2.25 bits per heavy atom. The van der Waals surface area contributed by atoms with Crippen molar-refractivity contribution in [1.82, 2.24) is 0 Å². The van der Waals surface area contributed by atoms with Crippen LogP contribution in [0.1, 0.15) is 12.8 Å². The molecule has 0 saturated heterocycles. The van der Waals surface area contributed by atoms with Crippen molar-refractivity contribution >= 4 is 6.29 Å². The molecule has 2 bridgehead atoms. The quantitative estimate of drug-likeness (QED) is 0.463. The van der Waals surface area contributed by atoms with Gasteiger partial charge in [0, 0.05) is 0 Å². The second-order valence-corrected chi connectivity index (χ2v) is 2.92. The SMILES string of the molecule is O=CC12CC(C1)C2F. The average Bonchev–Trinajstić information content (AvgIpc) is 1.64. The summed E-state index contributed by atoms with van der Waals surface area (Å²) in [6, 6.07) is 0. The highest BCUT2D eigenvalue weighted by Gasteiger charge is 2.66. The highest BCUT2D eigenvalue weighted by atomic mass is 19.1. The van der Waals surface area contributed by atoms with Crippen LogP contribution in [0, 0.1) is 11.3 Å². The summed E-state index contributed by atoms with van der Waals surface area (Å²) in [4.78, 5) is 10.1. The van der Waals surface area contributed by atoms with Gasteiger partial charge in [-0.2, -0.15) is 0 Å². The van der Waals surface area contributed by atoms with Crippen molar-refractivity contribution in [2.75, 3.05) is 0 Å². The van der Waals surface area contributed by atoms with Crippen LogP contribution in [0.2, 0.25) is 0 Å². The molecule has 3 fully saturated rings. The summed E-state index contributed by atoms with van der Waals surface area (Å²) in [5, 5.41) is 0. The second kappa shape index (κ2) is 0.971. The molecule has 0 heterocycles. The third-order valence-corrected chi connectivity index (χ3v) is 2.48. The van der Waals surface area contributed by atoms with Crippen molar-refractivity contribution in [2.24, 2.45) is 11.3 Å². The minimum absolute atomic E-state index is 0.250. The van der Waals surface area contributed by atoms with E-state index >= 15 is 0 Å². The van der Waals surface area contributed by atoms with Crippen LogP contribution >= 0.6 is 0 Å². The first-order valence-electron chi connectivity index (χ1n) is 2.89. The molecule has 8 heavy (non-hydrogen) atoms. The van der Waals surface area contributed by atoms with E-state index in [1.807, 2.05) is 0 Å². The van der Waals surface area contributed by atoms with Crippen molar-refractivity contribution in [3.63, 3.8) is 0 Å². The maximum atomic E-state index is 12.4. The molecular weight excluding hydrogens is 107 g/mol. The van der Waals surface area contributed by atoms with E-state index in [4.69, 9.17) is 0 Å². The first-order valence-corrected chi connectivity index (χ1v) is 2.89. The minimum Gasteiger partial charge on any atom is -0.303 e. The molecule has 3 aliphatic carbocycles. The minimum atomic E-state index is -0.778. The summed E-state index contributed by atoms with van der Waals surface area (Å²) in [5.74, 6) is 0.250. The monoisotopic (exact) mass is 114 g/mol. The maximum absolute atomic E-state index is 12.4. The van der Waals surface area contributed by atoms with Gasteiger partial charge in [0.05, 0.1) is 5.41 Å². The zero-order chi connectivity index (χ0) is 5.78. The van der Waals surface area contributed by atoms with Crippen LogP contribution < -0.4 is 0 Å². The molecule has 0 aromatic carbocycles. The van der Waals surface area contributed by atoms with E-state index in [1.54, 1.807) is 0 Å². The van der Waals surface area contributed by atoms with Gasteiger partial charge in [-0.05, 0) is 18.8 Å². The van der Waals surface area contributed by atoms with E-state index in [0.717, 1.165) is 19.1 Å². The predicted octanol–water partition coefficient (Wildman–Crippen LogP) is 0.933. The van der Waals surface area contributed by atoms with Gasteiger partial charge in [-0.1, -0.05) is 0 Å². The van der Waals surface area contributed by atoms with Crippen LogP contribution in [0.25, 0.3) is 0 Å². The van der Waals surface area contributed by atoms with Crippen LogP contribution in [0.3, 0.4) is 0 Å². The molecule has 0 aromatic heterocycles. The zero-order valence-corrected chi connectivity index (χ0v) is 4.43. The number of aldehydes is 1. The molecule has 1 atom stereocenters. The van der Waals surface area contributed by atoms with E-state index in [1.165, 1.54) is 0 Å². The Labute approximate surface area is 46.9 Å². The number of halogens is 1. The number of alkyl halides is 1. The van der Waals surface area contributed by atoms with E-state index in [9.17, 15) is 9.18 Å². The molecular formula is C6H7FO. The topological polar surface area (TPSA) is 17.1 Å². The van der Waals surface area contributed by atoms with Crippen molar-refractivity contribution in [3.05, 3.63) is 0 Å². The highest BCUT2D eigenvalue weighted by molar-refractivity contribution is 5.66. The van der Waals surface area contributed by atoms with E-state index < -0.39 is 11.6 Å². The molecule has 3 saturated carbocycles. The summed E-state index contributed by atoms with van der Waals surface area (Å²) in [7, 11) is 0. The Morgan fingerprint density at radius 3 is 2.25 bits per heavy atom. The van der Waals surface area contributed by atoms with E-state index in [-0.39, 0.29) is 5.92 Å². The van der Waals surface area contributed by atoms with E-state index in [0.29, 0.717) is 0 Å². The van der Waals surface area contributed by atoms with Gasteiger partial charge in [-0.3, -0.25) is 0 Å². The first kappa shape index (κ1) is 4.48. The van der Waals surface area contributed by atoms with Gasteiger partial charge in [-0.25, -0.2) is 4.39 Å². The van der Waals surface area contributed by atoms with Crippen molar-refractivity contribution in [3.8, 4) is 0 Å².